The topological polar surface area (TPSA) is 84.5 Å². The van der Waals surface area contributed by atoms with Gasteiger partial charge in [0, 0.05) is 11.3 Å². The zero-order chi connectivity index (χ0) is 21.5. The van der Waals surface area contributed by atoms with E-state index >= 15 is 0 Å². The minimum Gasteiger partial charge on any atom is -0.493 e. The predicted octanol–water partition coefficient (Wildman–Crippen LogP) is 3.71. The molecule has 0 atom stereocenters. The number of rotatable bonds is 5. The van der Waals surface area contributed by atoms with Gasteiger partial charge >= 0.3 is 0 Å². The van der Waals surface area contributed by atoms with E-state index < -0.39 is 0 Å². The van der Waals surface area contributed by atoms with E-state index in [1.165, 1.54) is 0 Å². The van der Waals surface area contributed by atoms with Crippen LogP contribution in [0.4, 0.5) is 5.69 Å². The van der Waals surface area contributed by atoms with Gasteiger partial charge in [-0.1, -0.05) is 18.2 Å². The van der Waals surface area contributed by atoms with Crippen molar-refractivity contribution in [2.24, 2.45) is 0 Å². The number of amides is 1. The largest absolute Gasteiger partial charge is 0.493 e. The molecule has 0 aliphatic carbocycles. The van der Waals surface area contributed by atoms with Crippen LogP contribution in [-0.2, 0) is 0 Å². The molecule has 0 bridgehead atoms. The van der Waals surface area contributed by atoms with E-state index in [0.29, 0.717) is 22.8 Å². The van der Waals surface area contributed by atoms with Crippen LogP contribution in [-0.4, -0.2) is 30.2 Å². The molecule has 7 nitrogen and oxygen atoms in total. The normalized spacial score (nSPS) is 10.1. The average Bonchev–Trinajstić information content (AvgIpc) is 2.77. The van der Waals surface area contributed by atoms with Gasteiger partial charge in [-0.25, -0.2) is 0 Å². The number of anilines is 1. The van der Waals surface area contributed by atoms with Crippen molar-refractivity contribution < 1.29 is 14.3 Å². The molecule has 0 radical (unpaired) electrons. The molecule has 3 rings (SSSR count). The molecule has 3 aromatic rings. The summed E-state index contributed by atoms with van der Waals surface area (Å²) in [7, 11) is 3.17. The fraction of sp³-hybridized carbons (Fsp3) is 0.136. The third-order valence-electron chi connectivity index (χ3n) is 4.33. The highest BCUT2D eigenvalue weighted by Gasteiger charge is 2.13. The van der Waals surface area contributed by atoms with E-state index in [9.17, 15) is 4.79 Å². The van der Waals surface area contributed by atoms with Crippen molar-refractivity contribution >= 4 is 28.9 Å². The van der Waals surface area contributed by atoms with Crippen LogP contribution in [0.15, 0.2) is 60.7 Å². The molecule has 0 aliphatic rings. The van der Waals surface area contributed by atoms with Crippen LogP contribution in [0.2, 0.25) is 0 Å². The van der Waals surface area contributed by atoms with E-state index in [1.54, 1.807) is 33.3 Å². The smallest absolute Gasteiger partial charge is 0.271 e. The maximum Gasteiger partial charge on any atom is 0.271 e. The standard InChI is InChI=1S/C22H22N4O3S/c1-14-17(21(27)25-26-22(30)24-16-7-5-4-6-8-16)10-11-18(23-14)15-9-12-19(28-2)20(13-15)29-3/h4-13H,1-3H3,(H,25,27)(H2,24,26,30). The maximum absolute atomic E-state index is 12.5. The summed E-state index contributed by atoms with van der Waals surface area (Å²) in [5.74, 6) is 0.913. The van der Waals surface area contributed by atoms with Crippen molar-refractivity contribution in [2.75, 3.05) is 19.5 Å². The van der Waals surface area contributed by atoms with Crippen LogP contribution >= 0.6 is 12.2 Å². The monoisotopic (exact) mass is 422 g/mol. The number of methoxy groups -OCH3 is 2. The number of aromatic nitrogens is 1. The number of hydrogen-bond acceptors (Lipinski definition) is 5. The first kappa shape index (κ1) is 21.1. The first-order valence-electron chi connectivity index (χ1n) is 9.14. The number of carbonyl (C=O) groups is 1. The number of carbonyl (C=O) groups excluding carboxylic acids is 1. The quantitative estimate of drug-likeness (QED) is 0.427. The molecule has 1 aromatic heterocycles. The van der Waals surface area contributed by atoms with Crippen LogP contribution in [0.5, 0.6) is 11.5 Å². The number of ether oxygens (including phenoxy) is 2. The number of nitrogens with one attached hydrogen (secondary N) is 3. The van der Waals surface area contributed by atoms with Crippen molar-refractivity contribution in [1.82, 2.24) is 15.8 Å². The van der Waals surface area contributed by atoms with Gasteiger partial charge in [-0.2, -0.15) is 0 Å². The van der Waals surface area contributed by atoms with Crippen molar-refractivity contribution in [3.63, 3.8) is 0 Å². The van der Waals surface area contributed by atoms with E-state index in [4.69, 9.17) is 21.7 Å². The van der Waals surface area contributed by atoms with Crippen molar-refractivity contribution in [1.29, 1.82) is 0 Å². The Bertz CT molecular complexity index is 1060. The molecule has 30 heavy (non-hydrogen) atoms. The minimum atomic E-state index is -0.337. The summed E-state index contributed by atoms with van der Waals surface area (Å²) in [6.07, 6.45) is 0. The van der Waals surface area contributed by atoms with E-state index in [-0.39, 0.29) is 11.0 Å². The van der Waals surface area contributed by atoms with Gasteiger partial charge in [-0.15, -0.1) is 0 Å². The van der Waals surface area contributed by atoms with E-state index in [2.05, 4.69) is 21.2 Å². The Balaban J connectivity index is 1.67. The highest BCUT2D eigenvalue weighted by atomic mass is 32.1. The lowest BCUT2D eigenvalue weighted by molar-refractivity contribution is 0.0943. The highest BCUT2D eigenvalue weighted by Crippen LogP contribution is 2.31. The molecule has 1 amide bonds. The van der Waals surface area contributed by atoms with Crippen molar-refractivity contribution in [3.8, 4) is 22.8 Å². The summed E-state index contributed by atoms with van der Waals surface area (Å²) in [5.41, 5.74) is 8.70. The molecular weight excluding hydrogens is 400 g/mol. The Labute approximate surface area is 180 Å². The Morgan fingerprint density at radius 3 is 2.33 bits per heavy atom. The zero-order valence-electron chi connectivity index (χ0n) is 16.9. The second-order valence-electron chi connectivity index (χ2n) is 6.30. The first-order valence-corrected chi connectivity index (χ1v) is 9.55. The number of hydrogen-bond donors (Lipinski definition) is 3. The SMILES string of the molecule is COc1ccc(-c2ccc(C(=O)NNC(=S)Nc3ccccc3)c(C)n2)cc1OC. The van der Waals surface area contributed by atoms with Gasteiger partial charge in [0.25, 0.3) is 5.91 Å². The molecule has 2 aromatic carbocycles. The number of para-hydroxylation sites is 1. The van der Waals surface area contributed by atoms with Gasteiger partial charge in [0.05, 0.1) is 31.2 Å². The summed E-state index contributed by atoms with van der Waals surface area (Å²) < 4.78 is 10.6. The predicted molar refractivity (Wildman–Crippen MR) is 121 cm³/mol. The molecule has 0 unspecified atom stereocenters. The van der Waals surface area contributed by atoms with Crippen molar-refractivity contribution in [3.05, 3.63) is 71.9 Å². The van der Waals surface area contributed by atoms with Crippen LogP contribution < -0.4 is 25.6 Å². The van der Waals surface area contributed by atoms with Gasteiger partial charge in [0.2, 0.25) is 0 Å². The molecule has 0 spiro atoms. The first-order chi connectivity index (χ1) is 14.5. The molecule has 0 saturated heterocycles. The Morgan fingerprint density at radius 1 is 0.933 bits per heavy atom. The van der Waals surface area contributed by atoms with Crippen LogP contribution in [0.1, 0.15) is 16.1 Å². The molecular formula is C22H22N4O3S. The summed E-state index contributed by atoms with van der Waals surface area (Å²) in [6.45, 7) is 1.78. The van der Waals surface area contributed by atoms with Crippen LogP contribution in [0.3, 0.4) is 0 Å². The lowest BCUT2D eigenvalue weighted by Crippen LogP contribution is -2.44. The fourth-order valence-corrected chi connectivity index (χ4v) is 2.99. The van der Waals surface area contributed by atoms with Gasteiger partial charge in [0.1, 0.15) is 0 Å². The summed E-state index contributed by atoms with van der Waals surface area (Å²) in [6, 6.07) is 18.5. The van der Waals surface area contributed by atoms with Crippen LogP contribution in [0, 0.1) is 6.92 Å². The molecule has 1 heterocycles. The second kappa shape index (κ2) is 9.71. The number of thiocarbonyl (C=S) groups is 1. The summed E-state index contributed by atoms with van der Waals surface area (Å²) in [5, 5.41) is 3.26. The number of hydrazine groups is 1. The molecule has 8 heteroatoms. The highest BCUT2D eigenvalue weighted by molar-refractivity contribution is 7.80. The number of pyridine rings is 1. The number of aryl methyl sites for hydroxylation is 1. The maximum atomic E-state index is 12.5. The molecule has 154 valence electrons. The summed E-state index contributed by atoms with van der Waals surface area (Å²) >= 11 is 5.19. The van der Waals surface area contributed by atoms with E-state index in [0.717, 1.165) is 16.9 Å². The lowest BCUT2D eigenvalue weighted by Gasteiger charge is -2.13. The van der Waals surface area contributed by atoms with Crippen molar-refractivity contribution in [2.45, 2.75) is 6.92 Å². The van der Waals surface area contributed by atoms with Gasteiger partial charge in [-0.3, -0.25) is 20.6 Å². The van der Waals surface area contributed by atoms with E-state index in [1.807, 2.05) is 48.5 Å². The van der Waals surface area contributed by atoms with Gasteiger partial charge in [0.15, 0.2) is 16.6 Å². The molecule has 0 saturated carbocycles. The Kier molecular flexibility index (Phi) is 6.82. The molecule has 0 fully saturated rings. The third kappa shape index (κ3) is 5.03. The number of nitrogens with zero attached hydrogens (tertiary/aromatic N) is 1. The second-order valence-corrected chi connectivity index (χ2v) is 6.71. The average molecular weight is 423 g/mol. The molecule has 3 N–H and O–H groups in total. The fourth-order valence-electron chi connectivity index (χ4n) is 2.82. The molecule has 0 aliphatic heterocycles. The summed E-state index contributed by atoms with van der Waals surface area (Å²) in [4.78, 5) is 17.1. The Morgan fingerprint density at radius 2 is 1.67 bits per heavy atom. The Hall–Kier alpha value is -3.65. The lowest BCUT2D eigenvalue weighted by atomic mass is 10.1. The minimum absolute atomic E-state index is 0.280. The van der Waals surface area contributed by atoms with Gasteiger partial charge < -0.3 is 14.8 Å². The van der Waals surface area contributed by atoms with Gasteiger partial charge in [-0.05, 0) is 61.6 Å². The zero-order valence-corrected chi connectivity index (χ0v) is 17.7. The van der Waals surface area contributed by atoms with Crippen LogP contribution in [0.25, 0.3) is 11.3 Å². The third-order valence-corrected chi connectivity index (χ3v) is 4.54. The number of benzene rings is 2.